The SMILES string of the molecule is CCC1CCCC1OC(C)=O. The van der Waals surface area contributed by atoms with Gasteiger partial charge in [0.1, 0.15) is 6.10 Å². The Kier molecular flexibility index (Phi) is 2.92. The first-order chi connectivity index (χ1) is 5.24. The van der Waals surface area contributed by atoms with Crippen LogP contribution in [0.3, 0.4) is 0 Å². The number of ether oxygens (including phenoxy) is 1. The largest absolute Gasteiger partial charge is 0.462 e. The molecule has 2 atom stereocenters. The molecule has 2 unspecified atom stereocenters. The zero-order valence-corrected chi connectivity index (χ0v) is 7.30. The maximum Gasteiger partial charge on any atom is 0.302 e. The van der Waals surface area contributed by atoms with E-state index in [1.807, 2.05) is 0 Å². The van der Waals surface area contributed by atoms with Crippen LogP contribution in [-0.2, 0) is 9.53 Å². The lowest BCUT2D eigenvalue weighted by atomic mass is 10.0. The van der Waals surface area contributed by atoms with Crippen molar-refractivity contribution >= 4 is 5.97 Å². The van der Waals surface area contributed by atoms with E-state index >= 15 is 0 Å². The quantitative estimate of drug-likeness (QED) is 0.572. The van der Waals surface area contributed by atoms with Crippen LogP contribution in [0.1, 0.15) is 39.5 Å². The summed E-state index contributed by atoms with van der Waals surface area (Å²) in [5.41, 5.74) is 0. The number of hydrogen-bond acceptors (Lipinski definition) is 2. The van der Waals surface area contributed by atoms with Gasteiger partial charge in [-0.15, -0.1) is 0 Å². The van der Waals surface area contributed by atoms with Crippen molar-refractivity contribution in [2.24, 2.45) is 5.92 Å². The molecule has 1 aliphatic rings. The standard InChI is InChI=1S/C9H16O2/c1-3-8-5-4-6-9(8)11-7(2)10/h8-9H,3-6H2,1-2H3. The molecule has 0 bridgehead atoms. The van der Waals surface area contributed by atoms with Crippen LogP contribution in [0.5, 0.6) is 0 Å². The predicted octanol–water partition coefficient (Wildman–Crippen LogP) is 2.13. The Balaban J connectivity index is 2.37. The Hall–Kier alpha value is -0.530. The van der Waals surface area contributed by atoms with Gasteiger partial charge < -0.3 is 4.74 Å². The minimum atomic E-state index is -0.129. The average Bonchev–Trinajstić information content (AvgIpc) is 2.34. The van der Waals surface area contributed by atoms with Crippen molar-refractivity contribution in [3.63, 3.8) is 0 Å². The molecule has 0 aromatic carbocycles. The van der Waals surface area contributed by atoms with Crippen LogP contribution in [-0.4, -0.2) is 12.1 Å². The Bertz CT molecular complexity index is 142. The second kappa shape index (κ2) is 3.74. The summed E-state index contributed by atoms with van der Waals surface area (Å²) >= 11 is 0. The Morgan fingerprint density at radius 3 is 2.82 bits per heavy atom. The molecule has 1 saturated carbocycles. The Labute approximate surface area is 67.9 Å². The van der Waals surface area contributed by atoms with Crippen molar-refractivity contribution < 1.29 is 9.53 Å². The molecule has 1 fully saturated rings. The van der Waals surface area contributed by atoms with E-state index in [0.717, 1.165) is 12.8 Å². The third-order valence-corrected chi connectivity index (χ3v) is 2.43. The summed E-state index contributed by atoms with van der Waals surface area (Å²) in [4.78, 5) is 10.6. The van der Waals surface area contributed by atoms with Crippen LogP contribution in [0.25, 0.3) is 0 Å². The van der Waals surface area contributed by atoms with Gasteiger partial charge in [-0.05, 0) is 31.6 Å². The lowest BCUT2D eigenvalue weighted by Gasteiger charge is -2.17. The summed E-state index contributed by atoms with van der Waals surface area (Å²) in [5.74, 6) is 0.495. The molecule has 0 saturated heterocycles. The zero-order valence-electron chi connectivity index (χ0n) is 7.30. The van der Waals surface area contributed by atoms with Crippen molar-refractivity contribution in [1.29, 1.82) is 0 Å². The van der Waals surface area contributed by atoms with Crippen LogP contribution >= 0.6 is 0 Å². The highest BCUT2D eigenvalue weighted by atomic mass is 16.5. The summed E-state index contributed by atoms with van der Waals surface area (Å²) in [6.45, 7) is 3.65. The van der Waals surface area contributed by atoms with E-state index in [-0.39, 0.29) is 12.1 Å². The molecular formula is C9H16O2. The second-order valence-electron chi connectivity index (χ2n) is 3.25. The Morgan fingerprint density at radius 2 is 2.27 bits per heavy atom. The van der Waals surface area contributed by atoms with Crippen LogP contribution in [0.15, 0.2) is 0 Å². The fourth-order valence-corrected chi connectivity index (χ4v) is 1.84. The molecule has 2 heteroatoms. The topological polar surface area (TPSA) is 26.3 Å². The van der Waals surface area contributed by atoms with E-state index in [9.17, 15) is 4.79 Å². The molecule has 0 N–H and O–H groups in total. The van der Waals surface area contributed by atoms with Gasteiger partial charge in [0, 0.05) is 6.92 Å². The number of carbonyl (C=O) groups excluding carboxylic acids is 1. The van der Waals surface area contributed by atoms with Gasteiger partial charge in [0.2, 0.25) is 0 Å². The van der Waals surface area contributed by atoms with Crippen LogP contribution in [0.2, 0.25) is 0 Å². The molecule has 11 heavy (non-hydrogen) atoms. The fourth-order valence-electron chi connectivity index (χ4n) is 1.84. The summed E-state index contributed by atoms with van der Waals surface area (Å²) in [6.07, 6.45) is 4.87. The third kappa shape index (κ3) is 2.21. The lowest BCUT2D eigenvalue weighted by Crippen LogP contribution is -2.19. The summed E-state index contributed by atoms with van der Waals surface area (Å²) < 4.78 is 5.18. The zero-order chi connectivity index (χ0) is 8.27. The predicted molar refractivity (Wildman–Crippen MR) is 43.2 cm³/mol. The van der Waals surface area contributed by atoms with Gasteiger partial charge in [0.25, 0.3) is 0 Å². The van der Waals surface area contributed by atoms with E-state index < -0.39 is 0 Å². The molecule has 1 aliphatic carbocycles. The highest BCUT2D eigenvalue weighted by Crippen LogP contribution is 2.30. The van der Waals surface area contributed by atoms with Crippen molar-refractivity contribution in [3.8, 4) is 0 Å². The number of hydrogen-bond donors (Lipinski definition) is 0. The van der Waals surface area contributed by atoms with Crippen molar-refractivity contribution in [2.45, 2.75) is 45.6 Å². The minimum absolute atomic E-state index is 0.129. The molecule has 0 spiro atoms. The first kappa shape index (κ1) is 8.57. The summed E-state index contributed by atoms with van der Waals surface area (Å²) in [5, 5.41) is 0. The van der Waals surface area contributed by atoms with E-state index in [1.54, 1.807) is 0 Å². The van der Waals surface area contributed by atoms with Gasteiger partial charge >= 0.3 is 5.97 Å². The van der Waals surface area contributed by atoms with Crippen LogP contribution in [0.4, 0.5) is 0 Å². The lowest BCUT2D eigenvalue weighted by molar-refractivity contribution is -0.148. The van der Waals surface area contributed by atoms with Gasteiger partial charge in [-0.3, -0.25) is 4.79 Å². The third-order valence-electron chi connectivity index (χ3n) is 2.43. The van der Waals surface area contributed by atoms with Gasteiger partial charge in [-0.25, -0.2) is 0 Å². The van der Waals surface area contributed by atoms with Crippen molar-refractivity contribution in [1.82, 2.24) is 0 Å². The van der Waals surface area contributed by atoms with Crippen LogP contribution in [0, 0.1) is 5.92 Å². The van der Waals surface area contributed by atoms with E-state index in [2.05, 4.69) is 6.92 Å². The van der Waals surface area contributed by atoms with Gasteiger partial charge in [0.15, 0.2) is 0 Å². The van der Waals surface area contributed by atoms with E-state index in [4.69, 9.17) is 4.74 Å². The summed E-state index contributed by atoms with van der Waals surface area (Å²) in [7, 11) is 0. The number of carbonyl (C=O) groups is 1. The van der Waals surface area contributed by atoms with E-state index in [1.165, 1.54) is 19.8 Å². The summed E-state index contributed by atoms with van der Waals surface area (Å²) in [6, 6.07) is 0. The molecule has 0 radical (unpaired) electrons. The molecule has 0 amide bonds. The van der Waals surface area contributed by atoms with Gasteiger partial charge in [0.05, 0.1) is 0 Å². The maximum absolute atomic E-state index is 10.6. The van der Waals surface area contributed by atoms with E-state index in [0.29, 0.717) is 5.92 Å². The average molecular weight is 156 g/mol. The van der Waals surface area contributed by atoms with Crippen LogP contribution < -0.4 is 0 Å². The molecule has 2 nitrogen and oxygen atoms in total. The molecule has 0 aromatic rings. The highest BCUT2D eigenvalue weighted by Gasteiger charge is 2.27. The molecule has 1 rings (SSSR count). The normalized spacial score (nSPS) is 30.4. The smallest absolute Gasteiger partial charge is 0.302 e. The van der Waals surface area contributed by atoms with Gasteiger partial charge in [-0.2, -0.15) is 0 Å². The molecule has 0 heterocycles. The monoisotopic (exact) mass is 156 g/mol. The number of esters is 1. The molecule has 64 valence electrons. The molecular weight excluding hydrogens is 140 g/mol. The molecule has 0 aliphatic heterocycles. The molecule has 0 aromatic heterocycles. The number of rotatable bonds is 2. The second-order valence-corrected chi connectivity index (χ2v) is 3.25. The first-order valence-electron chi connectivity index (χ1n) is 4.41. The maximum atomic E-state index is 10.6. The Morgan fingerprint density at radius 1 is 1.55 bits per heavy atom. The van der Waals surface area contributed by atoms with Gasteiger partial charge in [-0.1, -0.05) is 6.92 Å². The van der Waals surface area contributed by atoms with Crippen molar-refractivity contribution in [3.05, 3.63) is 0 Å². The minimum Gasteiger partial charge on any atom is -0.462 e. The fraction of sp³-hybridized carbons (Fsp3) is 0.889. The van der Waals surface area contributed by atoms with Crippen molar-refractivity contribution in [2.75, 3.05) is 0 Å². The highest BCUT2D eigenvalue weighted by molar-refractivity contribution is 5.66. The first-order valence-corrected chi connectivity index (χ1v) is 4.41.